The topological polar surface area (TPSA) is 42.7 Å². The molecule has 1 rings (SSSR count). The zero-order chi connectivity index (χ0) is 13.0. The van der Waals surface area contributed by atoms with Crippen LogP contribution in [0.4, 0.5) is 5.69 Å². The van der Waals surface area contributed by atoms with Gasteiger partial charge in [-0.2, -0.15) is 0 Å². The number of nitrogens with two attached hydrogens (primary N) is 1. The van der Waals surface area contributed by atoms with Crippen LogP contribution in [0.2, 0.25) is 5.02 Å². The maximum atomic E-state index is 7.22. The fourth-order valence-electron chi connectivity index (χ4n) is 1.50. The number of hydrogen-bond acceptors (Lipinski definition) is 2. The van der Waals surface area contributed by atoms with E-state index in [1.807, 2.05) is 6.92 Å². The summed E-state index contributed by atoms with van der Waals surface area (Å²) in [6.07, 6.45) is 1.40. The molecule has 3 nitrogen and oxygen atoms in total. The van der Waals surface area contributed by atoms with Gasteiger partial charge in [0.2, 0.25) is 0 Å². The van der Waals surface area contributed by atoms with Crippen LogP contribution < -0.4 is 5.73 Å². The number of hydrogen-bond donors (Lipinski definition) is 1. The van der Waals surface area contributed by atoms with Gasteiger partial charge in [-0.3, -0.25) is 4.99 Å². The summed E-state index contributed by atoms with van der Waals surface area (Å²) in [6, 6.07) is 3.47. The Morgan fingerprint density at radius 1 is 1.59 bits per heavy atom. The average molecular weight is 313 g/mol. The molecule has 0 bridgehead atoms. The number of halogens is 2. The van der Waals surface area contributed by atoms with E-state index >= 15 is 0 Å². The quantitative estimate of drug-likeness (QED) is 0.655. The molecular weight excluding hydrogens is 302 g/mol. The van der Waals surface area contributed by atoms with Crippen molar-refractivity contribution in [1.82, 2.24) is 0 Å². The van der Waals surface area contributed by atoms with E-state index in [2.05, 4.69) is 25.8 Å². The first-order valence-electron chi connectivity index (χ1n) is 4.77. The largest absolute Gasteiger partial charge is 0.404 e. The van der Waals surface area contributed by atoms with E-state index in [0.29, 0.717) is 26.5 Å². The van der Waals surface area contributed by atoms with E-state index < -0.39 is 0 Å². The van der Waals surface area contributed by atoms with Crippen molar-refractivity contribution >= 4 is 38.9 Å². The molecule has 0 heterocycles. The molecule has 0 amide bonds. The molecule has 0 aromatic heterocycles. The van der Waals surface area contributed by atoms with Gasteiger partial charge in [0, 0.05) is 23.8 Å². The lowest BCUT2D eigenvalue weighted by Gasteiger charge is -2.10. The number of allylic oxidation sites excluding steroid dienone is 1. The maximum absolute atomic E-state index is 7.22. The third kappa shape index (κ3) is 2.87. The third-order valence-corrected chi connectivity index (χ3v) is 3.09. The van der Waals surface area contributed by atoms with Crippen molar-refractivity contribution in [3.8, 4) is 0 Å². The summed E-state index contributed by atoms with van der Waals surface area (Å²) in [6.45, 7) is 9.07. The van der Waals surface area contributed by atoms with E-state index in [4.69, 9.17) is 23.9 Å². The van der Waals surface area contributed by atoms with Gasteiger partial charge in [-0.25, -0.2) is 4.85 Å². The Morgan fingerprint density at radius 2 is 2.24 bits per heavy atom. The van der Waals surface area contributed by atoms with Crippen LogP contribution in [0.3, 0.4) is 0 Å². The van der Waals surface area contributed by atoms with Gasteiger partial charge in [-0.15, -0.1) is 0 Å². The predicted octanol–water partition coefficient (Wildman–Crippen LogP) is 3.81. The molecule has 0 aliphatic carbocycles. The molecular formula is C12H11BrClN3. The molecule has 0 unspecified atom stereocenters. The van der Waals surface area contributed by atoms with Crippen LogP contribution in [0.15, 0.2) is 27.8 Å². The third-order valence-electron chi connectivity index (χ3n) is 2.23. The van der Waals surface area contributed by atoms with Crippen molar-refractivity contribution in [3.05, 3.63) is 50.4 Å². The smallest absolute Gasteiger partial charge is 0.199 e. The molecule has 0 saturated carbocycles. The van der Waals surface area contributed by atoms with Crippen LogP contribution in [0.25, 0.3) is 4.85 Å². The minimum atomic E-state index is 0.536. The molecule has 0 fully saturated rings. The Kier molecular flexibility index (Phi) is 4.73. The zero-order valence-corrected chi connectivity index (χ0v) is 11.8. The molecule has 2 N–H and O–H groups in total. The SMILES string of the molecule is [C-]#[N+]c1c(C)cc(Cl)cc1C(=NC)/C(Br)=C\N. The highest BCUT2D eigenvalue weighted by Crippen LogP contribution is 2.31. The number of nitrogens with zero attached hydrogens (tertiary/aromatic N) is 2. The van der Waals surface area contributed by atoms with Crippen LogP contribution in [-0.4, -0.2) is 12.8 Å². The van der Waals surface area contributed by atoms with Crippen molar-refractivity contribution in [3.63, 3.8) is 0 Å². The fourth-order valence-corrected chi connectivity index (χ4v) is 2.16. The lowest BCUT2D eigenvalue weighted by molar-refractivity contribution is 1.41. The minimum Gasteiger partial charge on any atom is -0.404 e. The monoisotopic (exact) mass is 311 g/mol. The van der Waals surface area contributed by atoms with Gasteiger partial charge in [0.25, 0.3) is 0 Å². The molecule has 1 aromatic rings. The van der Waals surface area contributed by atoms with Crippen molar-refractivity contribution in [2.45, 2.75) is 6.92 Å². The van der Waals surface area contributed by atoms with E-state index in [1.54, 1.807) is 19.2 Å². The molecule has 5 heteroatoms. The van der Waals surface area contributed by atoms with Gasteiger partial charge in [0.05, 0.1) is 16.8 Å². The molecule has 0 aliphatic heterocycles. The fraction of sp³-hybridized carbons (Fsp3) is 0.167. The van der Waals surface area contributed by atoms with Gasteiger partial charge >= 0.3 is 0 Å². The van der Waals surface area contributed by atoms with Gasteiger partial charge in [0.15, 0.2) is 5.69 Å². The second-order valence-electron chi connectivity index (χ2n) is 3.32. The van der Waals surface area contributed by atoms with Crippen LogP contribution >= 0.6 is 27.5 Å². The van der Waals surface area contributed by atoms with E-state index in [-0.39, 0.29) is 0 Å². The normalized spacial score (nSPS) is 12.4. The first-order valence-corrected chi connectivity index (χ1v) is 5.94. The van der Waals surface area contributed by atoms with Crippen LogP contribution in [0.5, 0.6) is 0 Å². The average Bonchev–Trinajstić information content (AvgIpc) is 2.29. The summed E-state index contributed by atoms with van der Waals surface area (Å²) < 4.78 is 0.631. The van der Waals surface area contributed by atoms with Crippen LogP contribution in [-0.2, 0) is 0 Å². The Hall–Kier alpha value is -1.31. The van der Waals surface area contributed by atoms with Crippen molar-refractivity contribution in [2.24, 2.45) is 10.7 Å². The standard InChI is InChI=1S/C12H11BrClN3/c1-7-4-8(14)5-9(11(7)16-2)12(17-3)10(13)6-15/h4-6H,15H2,1,3H3/b10-6+,17-12?. The Balaban J connectivity index is 3.56. The van der Waals surface area contributed by atoms with E-state index in [9.17, 15) is 0 Å². The first-order chi connectivity index (χ1) is 8.04. The minimum absolute atomic E-state index is 0.536. The molecule has 0 aliphatic rings. The van der Waals surface area contributed by atoms with Gasteiger partial charge in [-0.1, -0.05) is 17.7 Å². The summed E-state index contributed by atoms with van der Waals surface area (Å²) in [7, 11) is 1.64. The summed E-state index contributed by atoms with van der Waals surface area (Å²) in [5, 5.41) is 0.573. The molecule has 0 atom stereocenters. The second kappa shape index (κ2) is 5.85. The van der Waals surface area contributed by atoms with Crippen LogP contribution in [0.1, 0.15) is 11.1 Å². The highest BCUT2D eigenvalue weighted by molar-refractivity contribution is 9.12. The summed E-state index contributed by atoms with van der Waals surface area (Å²) in [5.41, 5.74) is 8.11. The van der Waals surface area contributed by atoms with E-state index in [1.165, 1.54) is 6.20 Å². The Labute approximate surface area is 114 Å². The highest BCUT2D eigenvalue weighted by atomic mass is 79.9. The van der Waals surface area contributed by atoms with Gasteiger partial charge in [0.1, 0.15) is 0 Å². The lowest BCUT2D eigenvalue weighted by Crippen LogP contribution is -2.04. The highest BCUT2D eigenvalue weighted by Gasteiger charge is 2.14. The van der Waals surface area contributed by atoms with Gasteiger partial charge in [-0.05, 0) is 34.5 Å². The number of rotatable bonds is 2. The predicted molar refractivity (Wildman–Crippen MR) is 76.1 cm³/mol. The number of aryl methyl sites for hydroxylation is 1. The van der Waals surface area contributed by atoms with Crippen molar-refractivity contribution < 1.29 is 0 Å². The number of aliphatic imine (C=N–C) groups is 1. The summed E-state index contributed by atoms with van der Waals surface area (Å²) in [5.74, 6) is 0. The van der Waals surface area contributed by atoms with Gasteiger partial charge < -0.3 is 5.73 Å². The maximum Gasteiger partial charge on any atom is 0.199 e. The van der Waals surface area contributed by atoms with E-state index in [0.717, 1.165) is 5.56 Å². The molecule has 88 valence electrons. The molecule has 0 saturated heterocycles. The summed E-state index contributed by atoms with van der Waals surface area (Å²) in [4.78, 5) is 7.66. The first kappa shape index (κ1) is 13.8. The molecule has 0 spiro atoms. The Morgan fingerprint density at radius 3 is 2.71 bits per heavy atom. The molecule has 1 aromatic carbocycles. The zero-order valence-electron chi connectivity index (χ0n) is 9.46. The van der Waals surface area contributed by atoms with Crippen molar-refractivity contribution in [2.75, 3.05) is 7.05 Å². The molecule has 17 heavy (non-hydrogen) atoms. The molecule has 0 radical (unpaired) electrons. The second-order valence-corrected chi connectivity index (χ2v) is 4.61. The van der Waals surface area contributed by atoms with Crippen molar-refractivity contribution in [1.29, 1.82) is 0 Å². The Bertz CT molecular complexity index is 541. The van der Waals surface area contributed by atoms with Crippen LogP contribution in [0, 0.1) is 13.5 Å². The summed E-state index contributed by atoms with van der Waals surface area (Å²) >= 11 is 9.32. The lowest BCUT2D eigenvalue weighted by atomic mass is 10.0. The number of benzene rings is 1.